The Bertz CT molecular complexity index is 612. The number of carbonyl (C=O) groups is 1. The third kappa shape index (κ3) is 2.51. The molecule has 0 aliphatic heterocycles. The van der Waals surface area contributed by atoms with Crippen molar-refractivity contribution >= 4 is 11.7 Å². The molecule has 2 rings (SSSR count). The van der Waals surface area contributed by atoms with Crippen LogP contribution in [-0.2, 0) is 0 Å². The Morgan fingerprint density at radius 2 is 2.05 bits per heavy atom. The monoisotopic (exact) mass is 264 g/mol. The lowest BCUT2D eigenvalue weighted by Gasteiger charge is -2.02. The SMILES string of the molecule is Cc1noc(O)c1OC(=O)c1ccc([N+](=O)[O-])cc1. The van der Waals surface area contributed by atoms with E-state index in [4.69, 9.17) is 4.74 Å². The van der Waals surface area contributed by atoms with E-state index in [2.05, 4.69) is 9.68 Å². The van der Waals surface area contributed by atoms with E-state index >= 15 is 0 Å². The van der Waals surface area contributed by atoms with Gasteiger partial charge in [-0.15, -0.1) is 0 Å². The molecule has 0 amide bonds. The van der Waals surface area contributed by atoms with Crippen molar-refractivity contribution in [1.82, 2.24) is 5.16 Å². The molecule has 1 heterocycles. The molecule has 98 valence electrons. The maximum absolute atomic E-state index is 11.7. The van der Waals surface area contributed by atoms with E-state index in [0.29, 0.717) is 0 Å². The second-order valence-corrected chi connectivity index (χ2v) is 3.60. The number of benzene rings is 1. The number of nitrogens with zero attached hydrogens (tertiary/aromatic N) is 2. The average Bonchev–Trinajstić information content (AvgIpc) is 2.70. The summed E-state index contributed by atoms with van der Waals surface area (Å²) in [7, 11) is 0. The minimum atomic E-state index is -0.781. The lowest BCUT2D eigenvalue weighted by molar-refractivity contribution is -0.384. The van der Waals surface area contributed by atoms with Crippen molar-refractivity contribution in [2.45, 2.75) is 6.92 Å². The molecule has 0 unspecified atom stereocenters. The highest BCUT2D eigenvalue weighted by atomic mass is 16.6. The molecular weight excluding hydrogens is 256 g/mol. The van der Waals surface area contributed by atoms with Crippen LogP contribution >= 0.6 is 0 Å². The summed E-state index contributed by atoms with van der Waals surface area (Å²) in [6, 6.07) is 4.86. The maximum atomic E-state index is 11.7. The predicted octanol–water partition coefficient (Wildman–Crippen LogP) is 1.82. The van der Waals surface area contributed by atoms with Crippen LogP contribution in [0.2, 0.25) is 0 Å². The van der Waals surface area contributed by atoms with Gasteiger partial charge in [0.05, 0.1) is 10.5 Å². The van der Waals surface area contributed by atoms with Gasteiger partial charge in [-0.1, -0.05) is 5.16 Å². The van der Waals surface area contributed by atoms with Gasteiger partial charge in [0.1, 0.15) is 5.69 Å². The number of aromatic nitrogens is 1. The number of nitro benzene ring substituents is 1. The molecule has 0 spiro atoms. The van der Waals surface area contributed by atoms with Gasteiger partial charge in [-0.2, -0.15) is 0 Å². The molecule has 0 fully saturated rings. The number of hydrogen-bond acceptors (Lipinski definition) is 7. The average molecular weight is 264 g/mol. The smallest absolute Gasteiger partial charge is 0.352 e. The Kier molecular flexibility index (Phi) is 3.15. The first kappa shape index (κ1) is 12.6. The number of aryl methyl sites for hydroxylation is 1. The van der Waals surface area contributed by atoms with Crippen LogP contribution in [0.3, 0.4) is 0 Å². The normalized spacial score (nSPS) is 10.2. The standard InChI is InChI=1S/C11H8N2O6/c1-6-9(11(15)19-12-6)18-10(14)7-2-4-8(5-3-7)13(16)17/h2-5,15H,1H3. The predicted molar refractivity (Wildman–Crippen MR) is 61.0 cm³/mol. The zero-order valence-electron chi connectivity index (χ0n) is 9.69. The number of non-ortho nitro benzene ring substituents is 1. The van der Waals surface area contributed by atoms with Crippen LogP contribution < -0.4 is 4.74 Å². The fraction of sp³-hybridized carbons (Fsp3) is 0.0909. The van der Waals surface area contributed by atoms with Gasteiger partial charge in [0.2, 0.25) is 5.75 Å². The van der Waals surface area contributed by atoms with Crippen molar-refractivity contribution in [3.05, 3.63) is 45.6 Å². The van der Waals surface area contributed by atoms with Crippen molar-refractivity contribution < 1.29 is 24.1 Å². The first-order valence-electron chi connectivity index (χ1n) is 5.11. The van der Waals surface area contributed by atoms with Crippen LogP contribution in [0.25, 0.3) is 0 Å². The molecule has 1 N–H and O–H groups in total. The van der Waals surface area contributed by atoms with Gasteiger partial charge in [-0.3, -0.25) is 10.1 Å². The quantitative estimate of drug-likeness (QED) is 0.510. The topological polar surface area (TPSA) is 116 Å². The minimum Gasteiger partial charge on any atom is -0.477 e. The van der Waals surface area contributed by atoms with Crippen molar-refractivity contribution in [1.29, 1.82) is 0 Å². The molecule has 0 aliphatic carbocycles. The molecule has 0 saturated carbocycles. The number of ether oxygens (including phenoxy) is 1. The molecule has 19 heavy (non-hydrogen) atoms. The number of nitro groups is 1. The Morgan fingerprint density at radius 1 is 1.42 bits per heavy atom. The molecule has 1 aromatic carbocycles. The molecule has 0 atom stereocenters. The molecule has 0 radical (unpaired) electrons. The van der Waals surface area contributed by atoms with Gasteiger partial charge in [0.25, 0.3) is 5.69 Å². The van der Waals surface area contributed by atoms with E-state index in [-0.39, 0.29) is 22.7 Å². The Hall–Kier alpha value is -2.90. The summed E-state index contributed by atoms with van der Waals surface area (Å²) in [5.41, 5.74) is 0.180. The Labute approximate surface area is 106 Å². The van der Waals surface area contributed by atoms with Crippen LogP contribution in [0.1, 0.15) is 16.1 Å². The van der Waals surface area contributed by atoms with Gasteiger partial charge in [-0.05, 0) is 19.1 Å². The lowest BCUT2D eigenvalue weighted by atomic mass is 10.2. The molecule has 0 aliphatic rings. The van der Waals surface area contributed by atoms with Crippen molar-refractivity contribution in [3.8, 4) is 11.7 Å². The first-order chi connectivity index (χ1) is 8.99. The van der Waals surface area contributed by atoms with Gasteiger partial charge in [0.15, 0.2) is 0 Å². The molecule has 0 bridgehead atoms. The molecule has 8 nitrogen and oxygen atoms in total. The third-order valence-corrected chi connectivity index (χ3v) is 2.30. The molecule has 0 saturated heterocycles. The number of aromatic hydroxyl groups is 1. The highest BCUT2D eigenvalue weighted by Gasteiger charge is 2.19. The minimum absolute atomic E-state index is 0.102. The summed E-state index contributed by atoms with van der Waals surface area (Å²) in [5.74, 6) is -1.56. The number of hydrogen-bond donors (Lipinski definition) is 1. The summed E-state index contributed by atoms with van der Waals surface area (Å²) in [6.07, 6.45) is 0. The van der Waals surface area contributed by atoms with Crippen LogP contribution in [0, 0.1) is 17.0 Å². The number of rotatable bonds is 3. The van der Waals surface area contributed by atoms with Crippen molar-refractivity contribution in [2.75, 3.05) is 0 Å². The molecular formula is C11H8N2O6. The second kappa shape index (κ2) is 4.77. The highest BCUT2D eigenvalue weighted by Crippen LogP contribution is 2.29. The third-order valence-electron chi connectivity index (χ3n) is 2.30. The van der Waals surface area contributed by atoms with Gasteiger partial charge < -0.3 is 14.4 Å². The molecule has 2 aromatic rings. The van der Waals surface area contributed by atoms with Crippen molar-refractivity contribution in [2.24, 2.45) is 0 Å². The number of carbonyl (C=O) groups excluding carboxylic acids is 1. The largest absolute Gasteiger partial charge is 0.477 e. The summed E-state index contributed by atoms with van der Waals surface area (Å²) in [4.78, 5) is 21.6. The van der Waals surface area contributed by atoms with E-state index in [9.17, 15) is 20.0 Å². The molecule has 8 heteroatoms. The fourth-order valence-corrected chi connectivity index (χ4v) is 1.34. The van der Waals surface area contributed by atoms with Crippen LogP contribution in [0.4, 0.5) is 5.69 Å². The van der Waals surface area contributed by atoms with E-state index in [0.717, 1.165) is 0 Å². The molecule has 1 aromatic heterocycles. The van der Waals surface area contributed by atoms with Crippen LogP contribution in [-0.4, -0.2) is 21.2 Å². The van der Waals surface area contributed by atoms with E-state index in [1.165, 1.54) is 31.2 Å². The van der Waals surface area contributed by atoms with E-state index in [1.54, 1.807) is 0 Å². The highest BCUT2D eigenvalue weighted by molar-refractivity contribution is 5.91. The summed E-state index contributed by atoms with van der Waals surface area (Å²) in [6.45, 7) is 1.49. The summed E-state index contributed by atoms with van der Waals surface area (Å²) < 4.78 is 9.31. The Morgan fingerprint density at radius 3 is 2.53 bits per heavy atom. The van der Waals surface area contributed by atoms with E-state index < -0.39 is 16.8 Å². The van der Waals surface area contributed by atoms with Gasteiger partial charge in [0, 0.05) is 12.1 Å². The fourth-order valence-electron chi connectivity index (χ4n) is 1.34. The van der Waals surface area contributed by atoms with Crippen LogP contribution in [0.15, 0.2) is 28.8 Å². The van der Waals surface area contributed by atoms with Gasteiger partial charge >= 0.3 is 11.9 Å². The Balaban J connectivity index is 2.18. The van der Waals surface area contributed by atoms with Crippen molar-refractivity contribution in [3.63, 3.8) is 0 Å². The second-order valence-electron chi connectivity index (χ2n) is 3.60. The number of esters is 1. The van der Waals surface area contributed by atoms with Crippen LogP contribution in [0.5, 0.6) is 11.7 Å². The zero-order valence-corrected chi connectivity index (χ0v) is 9.69. The summed E-state index contributed by atoms with van der Waals surface area (Å²) in [5, 5.41) is 23.1. The van der Waals surface area contributed by atoms with Gasteiger partial charge in [-0.25, -0.2) is 4.79 Å². The first-order valence-corrected chi connectivity index (χ1v) is 5.11. The zero-order chi connectivity index (χ0) is 14.0. The lowest BCUT2D eigenvalue weighted by Crippen LogP contribution is -2.08. The van der Waals surface area contributed by atoms with E-state index in [1.807, 2.05) is 0 Å². The summed E-state index contributed by atoms with van der Waals surface area (Å²) >= 11 is 0. The maximum Gasteiger partial charge on any atom is 0.352 e.